The number of sulfonamides is 1. The van der Waals surface area contributed by atoms with Crippen LogP contribution in [0.4, 0.5) is 4.39 Å². The van der Waals surface area contributed by atoms with Crippen LogP contribution in [0, 0.1) is 5.82 Å². The standard InChI is InChI=1S/C23H26FN3O5S/c1-4-27(5-2)33(30,31)16-10-11-19(24)18(13-16)22(28)26-21(23(29)32-3)12-15-14-25-20-9-7-6-8-17(15)20/h6-11,13-14,21,25H,4-5,12H2,1-3H3,(H,26,28)/t21-/m1/s1. The molecule has 0 aliphatic rings. The number of methoxy groups -OCH3 is 1. The zero-order valence-electron chi connectivity index (χ0n) is 18.6. The number of halogens is 1. The molecule has 0 saturated heterocycles. The summed E-state index contributed by atoms with van der Waals surface area (Å²) < 4.78 is 46.1. The summed E-state index contributed by atoms with van der Waals surface area (Å²) in [6.45, 7) is 3.83. The summed E-state index contributed by atoms with van der Waals surface area (Å²) in [5.41, 5.74) is 1.15. The van der Waals surface area contributed by atoms with Crippen LogP contribution in [-0.2, 0) is 26.0 Å². The van der Waals surface area contributed by atoms with E-state index >= 15 is 0 Å². The van der Waals surface area contributed by atoms with Crippen molar-refractivity contribution >= 4 is 32.8 Å². The average molecular weight is 476 g/mol. The molecule has 3 aromatic rings. The molecular formula is C23H26FN3O5S. The van der Waals surface area contributed by atoms with E-state index in [4.69, 9.17) is 4.74 Å². The van der Waals surface area contributed by atoms with Gasteiger partial charge in [0.2, 0.25) is 10.0 Å². The number of rotatable bonds is 9. The highest BCUT2D eigenvalue weighted by molar-refractivity contribution is 7.89. The predicted molar refractivity (Wildman–Crippen MR) is 122 cm³/mol. The molecule has 0 aliphatic heterocycles. The summed E-state index contributed by atoms with van der Waals surface area (Å²) in [5.74, 6) is -2.53. The smallest absolute Gasteiger partial charge is 0.328 e. The lowest BCUT2D eigenvalue weighted by Gasteiger charge is -2.19. The second-order valence-corrected chi connectivity index (χ2v) is 9.28. The van der Waals surface area contributed by atoms with E-state index < -0.39 is 39.3 Å². The monoisotopic (exact) mass is 475 g/mol. The molecule has 1 heterocycles. The lowest BCUT2D eigenvalue weighted by molar-refractivity contribution is -0.142. The van der Waals surface area contributed by atoms with Gasteiger partial charge in [-0.3, -0.25) is 4.79 Å². The number of amides is 1. The summed E-state index contributed by atoms with van der Waals surface area (Å²) in [6, 6.07) is 9.39. The van der Waals surface area contributed by atoms with Crippen molar-refractivity contribution in [2.45, 2.75) is 31.2 Å². The van der Waals surface area contributed by atoms with Crippen LogP contribution >= 0.6 is 0 Å². The molecule has 3 rings (SSSR count). The van der Waals surface area contributed by atoms with E-state index in [0.29, 0.717) is 0 Å². The molecule has 176 valence electrons. The molecule has 0 fully saturated rings. The summed E-state index contributed by atoms with van der Waals surface area (Å²) in [7, 11) is -2.71. The topological polar surface area (TPSA) is 109 Å². The van der Waals surface area contributed by atoms with Crippen molar-refractivity contribution in [3.8, 4) is 0 Å². The van der Waals surface area contributed by atoms with Gasteiger partial charge in [0.15, 0.2) is 0 Å². The van der Waals surface area contributed by atoms with Crippen molar-refractivity contribution in [1.82, 2.24) is 14.6 Å². The highest BCUT2D eigenvalue weighted by atomic mass is 32.2. The van der Waals surface area contributed by atoms with Crippen LogP contribution in [0.15, 0.2) is 53.6 Å². The van der Waals surface area contributed by atoms with E-state index in [9.17, 15) is 22.4 Å². The second-order valence-electron chi connectivity index (χ2n) is 7.34. The first kappa shape index (κ1) is 24.4. The van der Waals surface area contributed by atoms with Gasteiger partial charge in [-0.25, -0.2) is 17.6 Å². The van der Waals surface area contributed by atoms with Crippen molar-refractivity contribution in [2.75, 3.05) is 20.2 Å². The molecule has 0 aliphatic carbocycles. The van der Waals surface area contributed by atoms with Crippen LogP contribution < -0.4 is 5.32 Å². The molecule has 10 heteroatoms. The first-order chi connectivity index (χ1) is 15.7. The number of para-hydroxylation sites is 1. The average Bonchev–Trinajstić information content (AvgIpc) is 3.21. The fourth-order valence-corrected chi connectivity index (χ4v) is 5.13. The lowest BCUT2D eigenvalue weighted by atomic mass is 10.0. The Morgan fingerprint density at radius 3 is 2.52 bits per heavy atom. The number of fused-ring (bicyclic) bond motifs is 1. The molecule has 33 heavy (non-hydrogen) atoms. The Morgan fingerprint density at radius 1 is 1.15 bits per heavy atom. The Bertz CT molecular complexity index is 1270. The molecule has 0 spiro atoms. The molecule has 1 atom stereocenters. The third-order valence-corrected chi connectivity index (χ3v) is 7.46. The molecule has 8 nitrogen and oxygen atoms in total. The lowest BCUT2D eigenvalue weighted by Crippen LogP contribution is -2.43. The highest BCUT2D eigenvalue weighted by Gasteiger charge is 2.28. The zero-order chi connectivity index (χ0) is 24.2. The van der Waals surface area contributed by atoms with Crippen LogP contribution in [0.5, 0.6) is 0 Å². The van der Waals surface area contributed by atoms with Crippen molar-refractivity contribution in [1.29, 1.82) is 0 Å². The van der Waals surface area contributed by atoms with Gasteiger partial charge in [0.05, 0.1) is 17.6 Å². The van der Waals surface area contributed by atoms with Gasteiger partial charge in [-0.1, -0.05) is 32.0 Å². The van der Waals surface area contributed by atoms with Gasteiger partial charge in [-0.05, 0) is 29.8 Å². The van der Waals surface area contributed by atoms with Gasteiger partial charge in [-0.15, -0.1) is 0 Å². The number of benzene rings is 2. The maximum absolute atomic E-state index is 14.5. The van der Waals surface area contributed by atoms with Crippen molar-refractivity contribution in [3.63, 3.8) is 0 Å². The van der Waals surface area contributed by atoms with Gasteiger partial charge >= 0.3 is 5.97 Å². The minimum absolute atomic E-state index is 0.0987. The number of aromatic nitrogens is 1. The summed E-state index contributed by atoms with van der Waals surface area (Å²) >= 11 is 0. The maximum Gasteiger partial charge on any atom is 0.328 e. The quantitative estimate of drug-likeness (QED) is 0.463. The molecule has 2 N–H and O–H groups in total. The minimum Gasteiger partial charge on any atom is -0.467 e. The van der Waals surface area contributed by atoms with Gasteiger partial charge in [-0.2, -0.15) is 4.31 Å². The molecule has 1 aromatic heterocycles. The van der Waals surface area contributed by atoms with Crippen LogP contribution in [0.25, 0.3) is 10.9 Å². The van der Waals surface area contributed by atoms with Crippen molar-refractivity contribution in [2.24, 2.45) is 0 Å². The van der Waals surface area contributed by atoms with E-state index in [-0.39, 0.29) is 24.4 Å². The van der Waals surface area contributed by atoms with E-state index in [1.54, 1.807) is 20.0 Å². The molecule has 0 bridgehead atoms. The number of carbonyl (C=O) groups excluding carboxylic acids is 2. The van der Waals surface area contributed by atoms with Crippen LogP contribution in [0.2, 0.25) is 0 Å². The number of ether oxygens (including phenoxy) is 1. The molecule has 0 radical (unpaired) electrons. The Hall–Kier alpha value is -3.24. The number of nitrogens with one attached hydrogen (secondary N) is 2. The van der Waals surface area contributed by atoms with Crippen LogP contribution in [0.3, 0.4) is 0 Å². The number of H-pyrrole nitrogens is 1. The molecule has 0 unspecified atom stereocenters. The molecule has 2 aromatic carbocycles. The fraction of sp³-hybridized carbons (Fsp3) is 0.304. The van der Waals surface area contributed by atoms with Crippen LogP contribution in [0.1, 0.15) is 29.8 Å². The summed E-state index contributed by atoms with van der Waals surface area (Å²) in [4.78, 5) is 28.2. The van der Waals surface area contributed by atoms with E-state index in [1.165, 1.54) is 11.4 Å². The van der Waals surface area contributed by atoms with Gasteiger partial charge in [0, 0.05) is 36.6 Å². The Labute approximate surface area is 191 Å². The number of carbonyl (C=O) groups is 2. The third kappa shape index (κ3) is 5.07. The van der Waals surface area contributed by atoms with Crippen molar-refractivity contribution < 1.29 is 27.1 Å². The fourth-order valence-electron chi connectivity index (χ4n) is 3.64. The molecular weight excluding hydrogens is 449 g/mol. The summed E-state index contributed by atoms with van der Waals surface area (Å²) in [6.07, 6.45) is 1.83. The van der Waals surface area contributed by atoms with Gasteiger partial charge < -0.3 is 15.0 Å². The second kappa shape index (κ2) is 10.1. The predicted octanol–water partition coefficient (Wildman–Crippen LogP) is 2.85. The number of aromatic amines is 1. The Balaban J connectivity index is 1.90. The molecule has 0 saturated carbocycles. The molecule has 1 amide bonds. The summed E-state index contributed by atoms with van der Waals surface area (Å²) in [5, 5.41) is 3.36. The SMILES string of the molecule is CCN(CC)S(=O)(=O)c1ccc(F)c(C(=O)N[C@H](Cc2c[nH]c3ccccc23)C(=O)OC)c1. The minimum atomic E-state index is -3.90. The number of hydrogen-bond acceptors (Lipinski definition) is 5. The van der Waals surface area contributed by atoms with E-state index in [1.807, 2.05) is 24.3 Å². The maximum atomic E-state index is 14.5. The van der Waals surface area contributed by atoms with Crippen molar-refractivity contribution in [3.05, 3.63) is 65.6 Å². The Morgan fingerprint density at radius 2 is 1.85 bits per heavy atom. The van der Waals surface area contributed by atoms with Crippen LogP contribution in [-0.4, -0.2) is 55.8 Å². The third-order valence-electron chi connectivity index (χ3n) is 5.42. The number of hydrogen-bond donors (Lipinski definition) is 2. The first-order valence-corrected chi connectivity index (χ1v) is 11.9. The van der Waals surface area contributed by atoms with E-state index in [2.05, 4.69) is 10.3 Å². The van der Waals surface area contributed by atoms with Gasteiger partial charge in [0.25, 0.3) is 5.91 Å². The zero-order valence-corrected chi connectivity index (χ0v) is 19.4. The first-order valence-electron chi connectivity index (χ1n) is 10.5. The highest BCUT2D eigenvalue weighted by Crippen LogP contribution is 2.21. The normalized spacial score (nSPS) is 12.6. The Kier molecular flexibility index (Phi) is 7.50. The van der Waals surface area contributed by atoms with E-state index in [0.717, 1.165) is 34.7 Å². The largest absolute Gasteiger partial charge is 0.467 e. The number of nitrogens with zero attached hydrogens (tertiary/aromatic N) is 1. The number of esters is 1. The van der Waals surface area contributed by atoms with Gasteiger partial charge in [0.1, 0.15) is 11.9 Å².